The van der Waals surface area contributed by atoms with Gasteiger partial charge in [-0.15, -0.1) is 0 Å². The summed E-state index contributed by atoms with van der Waals surface area (Å²) in [5.41, 5.74) is 0. The van der Waals surface area contributed by atoms with Crippen LogP contribution in [-0.4, -0.2) is 23.5 Å². The summed E-state index contributed by atoms with van der Waals surface area (Å²) in [5.74, 6) is 0. The number of nitrogens with zero attached hydrogens (tertiary/aromatic N) is 1. The molecule has 0 spiro atoms. The van der Waals surface area contributed by atoms with E-state index in [1.165, 1.54) is 55.5 Å². The molecule has 18 heavy (non-hydrogen) atoms. The second kappa shape index (κ2) is 9.00. The molecule has 0 N–H and O–H groups in total. The third kappa shape index (κ3) is 4.60. The second-order valence-electron chi connectivity index (χ2n) is 5.48. The molecule has 2 nitrogen and oxygen atoms in total. The van der Waals surface area contributed by atoms with Crippen LogP contribution in [0.2, 0.25) is 13.3 Å². The van der Waals surface area contributed by atoms with Gasteiger partial charge in [-0.1, -0.05) is 0 Å². The standard InChI is InChI=1S/3C4H9.C3H2NO.Sn/c3*1-3-4-2;1-2-4-5-3-1;/h3*1,3-4H2,2H3;1,3H;. The molecule has 0 unspecified atom stereocenters. The molecule has 1 aromatic rings. The van der Waals surface area contributed by atoms with Gasteiger partial charge in [0.1, 0.15) is 0 Å². The average molecular weight is 358 g/mol. The first-order valence-electron chi connectivity index (χ1n) is 7.70. The predicted octanol–water partition coefficient (Wildman–Crippen LogP) is 4.73. The Kier molecular flexibility index (Phi) is 8.03. The zero-order valence-electron chi connectivity index (χ0n) is 12.4. The third-order valence-corrected chi connectivity index (χ3v) is 19.1. The van der Waals surface area contributed by atoms with E-state index >= 15 is 0 Å². The van der Waals surface area contributed by atoms with Crippen molar-refractivity contribution in [1.29, 1.82) is 0 Å². The molecule has 3 heteroatoms. The van der Waals surface area contributed by atoms with Crippen molar-refractivity contribution >= 4 is 22.1 Å². The van der Waals surface area contributed by atoms with Crippen LogP contribution >= 0.6 is 0 Å². The van der Waals surface area contributed by atoms with Gasteiger partial charge in [0.25, 0.3) is 0 Å². The van der Waals surface area contributed by atoms with Crippen LogP contribution in [0.4, 0.5) is 0 Å². The Balaban J connectivity index is 2.84. The van der Waals surface area contributed by atoms with Gasteiger partial charge in [0.2, 0.25) is 0 Å². The molecule has 1 rings (SSSR count). The average Bonchev–Trinajstić information content (AvgIpc) is 2.93. The van der Waals surface area contributed by atoms with Crippen molar-refractivity contribution in [3.8, 4) is 0 Å². The first-order chi connectivity index (χ1) is 8.79. The van der Waals surface area contributed by atoms with Crippen LogP contribution in [0.3, 0.4) is 0 Å². The van der Waals surface area contributed by atoms with Crippen molar-refractivity contribution < 1.29 is 4.52 Å². The Morgan fingerprint density at radius 2 is 1.44 bits per heavy atom. The van der Waals surface area contributed by atoms with Crippen LogP contribution in [0.5, 0.6) is 0 Å². The van der Waals surface area contributed by atoms with E-state index in [4.69, 9.17) is 4.52 Å². The molecule has 0 fully saturated rings. The van der Waals surface area contributed by atoms with Gasteiger partial charge in [0.15, 0.2) is 0 Å². The zero-order chi connectivity index (χ0) is 13.3. The van der Waals surface area contributed by atoms with E-state index in [9.17, 15) is 0 Å². The maximum atomic E-state index is 5.16. The summed E-state index contributed by atoms with van der Waals surface area (Å²) in [6.07, 6.45) is 9.88. The van der Waals surface area contributed by atoms with E-state index in [-0.39, 0.29) is 0 Å². The third-order valence-electron chi connectivity index (χ3n) is 4.01. The molecule has 1 heterocycles. The Morgan fingerprint density at radius 3 is 1.78 bits per heavy atom. The van der Waals surface area contributed by atoms with Gasteiger partial charge in [0.05, 0.1) is 0 Å². The molecule has 0 saturated carbocycles. The quantitative estimate of drug-likeness (QED) is 0.565. The van der Waals surface area contributed by atoms with Crippen LogP contribution in [0.25, 0.3) is 0 Å². The number of aromatic nitrogens is 1. The topological polar surface area (TPSA) is 26.0 Å². The first kappa shape index (κ1) is 16.1. The minimum atomic E-state index is -2.24. The number of hydrogen-bond donors (Lipinski definition) is 0. The molecule has 0 aliphatic heterocycles. The van der Waals surface area contributed by atoms with Crippen LogP contribution in [0, 0.1) is 0 Å². The molecule has 0 aliphatic rings. The van der Waals surface area contributed by atoms with Crippen molar-refractivity contribution in [3.63, 3.8) is 0 Å². The monoisotopic (exact) mass is 359 g/mol. The number of unbranched alkanes of at least 4 members (excludes halogenated alkanes) is 3. The van der Waals surface area contributed by atoms with Gasteiger partial charge in [-0.2, -0.15) is 0 Å². The molecule has 0 atom stereocenters. The summed E-state index contributed by atoms with van der Waals surface area (Å²) in [7, 11) is 0. The Hall–Kier alpha value is 0.00870. The predicted molar refractivity (Wildman–Crippen MR) is 81.0 cm³/mol. The number of rotatable bonds is 10. The van der Waals surface area contributed by atoms with Crippen LogP contribution in [0.15, 0.2) is 16.9 Å². The summed E-state index contributed by atoms with van der Waals surface area (Å²) < 4.78 is 11.0. The molecule has 104 valence electrons. The Morgan fingerprint density at radius 1 is 0.944 bits per heavy atom. The van der Waals surface area contributed by atoms with Gasteiger partial charge in [0, 0.05) is 0 Å². The summed E-state index contributed by atoms with van der Waals surface area (Å²) in [6, 6.07) is 2.18. The van der Waals surface area contributed by atoms with Crippen molar-refractivity contribution in [2.45, 2.75) is 72.6 Å². The van der Waals surface area contributed by atoms with Gasteiger partial charge in [-0.25, -0.2) is 0 Å². The van der Waals surface area contributed by atoms with E-state index in [0.29, 0.717) is 0 Å². The SMILES string of the molecule is CCC[CH2][Sn]([CH2]CCC)([CH2]CCC)[c]1ccon1. The summed E-state index contributed by atoms with van der Waals surface area (Å²) in [5, 5.41) is 4.37. The van der Waals surface area contributed by atoms with Gasteiger partial charge in [-0.05, 0) is 0 Å². The number of hydrogen-bond acceptors (Lipinski definition) is 2. The minimum absolute atomic E-state index is 1.31. The Labute approximate surface area is 116 Å². The van der Waals surface area contributed by atoms with Gasteiger partial charge in [-0.3, -0.25) is 0 Å². The fraction of sp³-hybridized carbons (Fsp3) is 0.800. The molecular weight excluding hydrogens is 329 g/mol. The van der Waals surface area contributed by atoms with Crippen LogP contribution < -0.4 is 3.71 Å². The van der Waals surface area contributed by atoms with E-state index < -0.39 is 18.4 Å². The molecule has 0 bridgehead atoms. The molecule has 0 amide bonds. The van der Waals surface area contributed by atoms with E-state index in [1.807, 2.05) is 0 Å². The Bertz CT molecular complexity index is 276. The van der Waals surface area contributed by atoms with Crippen LogP contribution in [-0.2, 0) is 0 Å². The second-order valence-corrected chi connectivity index (χ2v) is 18.5. The fourth-order valence-electron chi connectivity index (χ4n) is 2.79. The van der Waals surface area contributed by atoms with Crippen LogP contribution in [0.1, 0.15) is 59.3 Å². The van der Waals surface area contributed by atoms with Crippen molar-refractivity contribution in [2.24, 2.45) is 0 Å². The fourth-order valence-corrected chi connectivity index (χ4v) is 17.9. The normalized spacial score (nSPS) is 11.9. The zero-order valence-corrected chi connectivity index (χ0v) is 15.2. The van der Waals surface area contributed by atoms with Crippen molar-refractivity contribution in [2.75, 3.05) is 0 Å². The molecule has 0 aromatic carbocycles. The molecule has 1 aromatic heterocycles. The van der Waals surface area contributed by atoms with E-state index in [1.54, 1.807) is 6.26 Å². The molecular formula is C15H29NOSn. The summed E-state index contributed by atoms with van der Waals surface area (Å²) >= 11 is -2.24. The van der Waals surface area contributed by atoms with E-state index in [0.717, 1.165) is 0 Å². The van der Waals surface area contributed by atoms with Crippen molar-refractivity contribution in [1.82, 2.24) is 5.16 Å². The summed E-state index contributed by atoms with van der Waals surface area (Å²) in [6.45, 7) is 6.91. The summed E-state index contributed by atoms with van der Waals surface area (Å²) in [4.78, 5) is 0. The van der Waals surface area contributed by atoms with Gasteiger partial charge >= 0.3 is 117 Å². The maximum absolute atomic E-state index is 5.16. The first-order valence-corrected chi connectivity index (χ1v) is 15.2. The van der Waals surface area contributed by atoms with Gasteiger partial charge < -0.3 is 0 Å². The molecule has 0 radical (unpaired) electrons. The molecule has 0 saturated heterocycles. The van der Waals surface area contributed by atoms with E-state index in [2.05, 4.69) is 32.0 Å². The molecule has 0 aliphatic carbocycles. The van der Waals surface area contributed by atoms with Crippen molar-refractivity contribution in [3.05, 3.63) is 12.3 Å².